The molecule has 0 spiro atoms. The molecule has 1 amide bonds. The molecule has 6 nitrogen and oxygen atoms in total. The molecule has 126 valence electrons. The number of Topliss-reactive ketones (excluding diaryl/α,β-unsaturated/α-hetero) is 1. The summed E-state index contributed by atoms with van der Waals surface area (Å²) in [5.74, 6) is 0.00733. The lowest BCUT2D eigenvalue weighted by Gasteiger charge is -2.29. The zero-order valence-electron chi connectivity index (χ0n) is 14.1. The third-order valence-electron chi connectivity index (χ3n) is 3.98. The van der Waals surface area contributed by atoms with E-state index in [1.165, 1.54) is 6.92 Å². The van der Waals surface area contributed by atoms with E-state index in [1.807, 2.05) is 19.9 Å². The fourth-order valence-corrected chi connectivity index (χ4v) is 2.81. The molecular weight excluding hydrogens is 294 g/mol. The predicted molar refractivity (Wildman–Crippen MR) is 86.2 cm³/mol. The molecule has 6 heteroatoms. The van der Waals surface area contributed by atoms with Crippen LogP contribution in [0.3, 0.4) is 0 Å². The van der Waals surface area contributed by atoms with Crippen LogP contribution in [0.25, 0.3) is 0 Å². The minimum absolute atomic E-state index is 0.0396. The molecule has 1 N–H and O–H groups in total. The SMILES string of the molecule is CC(=O)CCC(=O)NC1CCC(Oc2nc(C)cc(C)n2)CC1. The normalized spacial score (nSPS) is 20.8. The number of amides is 1. The van der Waals surface area contributed by atoms with Gasteiger partial charge in [0.2, 0.25) is 5.91 Å². The standard InChI is InChI=1S/C17H25N3O3/c1-11-10-12(2)19-17(18-11)23-15-7-5-14(6-8-15)20-16(22)9-4-13(3)21/h10,14-15H,4-9H2,1-3H3,(H,20,22). The Hall–Kier alpha value is -1.98. The molecule has 1 aliphatic carbocycles. The van der Waals surface area contributed by atoms with Crippen molar-refractivity contribution in [2.45, 2.75) is 71.4 Å². The Morgan fingerprint density at radius 1 is 1.13 bits per heavy atom. The average Bonchev–Trinajstić information content (AvgIpc) is 2.46. The van der Waals surface area contributed by atoms with Gasteiger partial charge in [0.05, 0.1) is 0 Å². The van der Waals surface area contributed by atoms with Crippen LogP contribution in [0, 0.1) is 13.8 Å². The zero-order valence-corrected chi connectivity index (χ0v) is 14.1. The highest BCUT2D eigenvalue weighted by Gasteiger charge is 2.24. The minimum atomic E-state index is -0.0396. The first-order chi connectivity index (χ1) is 10.9. The maximum absolute atomic E-state index is 11.7. The van der Waals surface area contributed by atoms with Gasteiger partial charge >= 0.3 is 6.01 Å². The molecular formula is C17H25N3O3. The Balaban J connectivity index is 1.75. The number of carbonyl (C=O) groups is 2. The van der Waals surface area contributed by atoms with E-state index in [0.29, 0.717) is 12.4 Å². The van der Waals surface area contributed by atoms with Gasteiger partial charge in [0.15, 0.2) is 0 Å². The van der Waals surface area contributed by atoms with Crippen molar-refractivity contribution in [1.29, 1.82) is 0 Å². The summed E-state index contributed by atoms with van der Waals surface area (Å²) in [6, 6.07) is 2.53. The van der Waals surface area contributed by atoms with Gasteiger partial charge in [0.1, 0.15) is 11.9 Å². The summed E-state index contributed by atoms with van der Waals surface area (Å²) in [6.45, 7) is 5.36. The Labute approximate surface area is 137 Å². The smallest absolute Gasteiger partial charge is 0.317 e. The highest BCUT2D eigenvalue weighted by atomic mass is 16.5. The van der Waals surface area contributed by atoms with Crippen LogP contribution in [0.4, 0.5) is 0 Å². The molecule has 0 bridgehead atoms. The number of nitrogens with zero attached hydrogens (tertiary/aromatic N) is 2. The van der Waals surface area contributed by atoms with Gasteiger partial charge in [-0.15, -0.1) is 0 Å². The zero-order chi connectivity index (χ0) is 16.8. The average molecular weight is 319 g/mol. The van der Waals surface area contributed by atoms with Crippen molar-refractivity contribution in [3.63, 3.8) is 0 Å². The highest BCUT2D eigenvalue weighted by molar-refractivity contribution is 5.83. The molecule has 1 aliphatic rings. The predicted octanol–water partition coefficient (Wildman–Crippen LogP) is 2.27. The number of nitrogens with one attached hydrogen (secondary N) is 1. The fourth-order valence-electron chi connectivity index (χ4n) is 2.81. The van der Waals surface area contributed by atoms with Crippen LogP contribution < -0.4 is 10.1 Å². The van der Waals surface area contributed by atoms with Crippen molar-refractivity contribution in [2.24, 2.45) is 0 Å². The van der Waals surface area contributed by atoms with Gasteiger partial charge in [-0.25, -0.2) is 9.97 Å². The van der Waals surface area contributed by atoms with Crippen LogP contribution in [0.15, 0.2) is 6.07 Å². The number of aryl methyl sites for hydroxylation is 2. The van der Waals surface area contributed by atoms with Gasteiger partial charge in [-0.3, -0.25) is 4.79 Å². The third-order valence-corrected chi connectivity index (χ3v) is 3.98. The monoisotopic (exact) mass is 319 g/mol. The van der Waals surface area contributed by atoms with E-state index in [-0.39, 0.29) is 30.3 Å². The summed E-state index contributed by atoms with van der Waals surface area (Å²) >= 11 is 0. The number of aromatic nitrogens is 2. The number of carbonyl (C=O) groups excluding carboxylic acids is 2. The van der Waals surface area contributed by atoms with Gasteiger partial charge in [-0.1, -0.05) is 0 Å². The summed E-state index contributed by atoms with van der Waals surface area (Å²) in [7, 11) is 0. The molecule has 0 unspecified atom stereocenters. The van der Waals surface area contributed by atoms with Gasteiger partial charge in [-0.05, 0) is 52.5 Å². The van der Waals surface area contributed by atoms with Gasteiger partial charge < -0.3 is 14.8 Å². The van der Waals surface area contributed by atoms with E-state index in [4.69, 9.17) is 4.74 Å². The Bertz CT molecular complexity index is 546. The maximum Gasteiger partial charge on any atom is 0.317 e. The molecule has 0 aliphatic heterocycles. The van der Waals surface area contributed by atoms with E-state index in [9.17, 15) is 9.59 Å². The van der Waals surface area contributed by atoms with Crippen molar-refractivity contribution in [3.8, 4) is 6.01 Å². The topological polar surface area (TPSA) is 81.2 Å². The van der Waals surface area contributed by atoms with Gasteiger partial charge in [-0.2, -0.15) is 0 Å². The molecule has 1 saturated carbocycles. The highest BCUT2D eigenvalue weighted by Crippen LogP contribution is 2.22. The first kappa shape index (κ1) is 17.4. The van der Waals surface area contributed by atoms with Crippen molar-refractivity contribution < 1.29 is 14.3 Å². The molecule has 23 heavy (non-hydrogen) atoms. The van der Waals surface area contributed by atoms with E-state index >= 15 is 0 Å². The molecule has 0 radical (unpaired) electrons. The van der Waals surface area contributed by atoms with Crippen molar-refractivity contribution >= 4 is 11.7 Å². The molecule has 1 fully saturated rings. The second-order valence-electron chi connectivity index (χ2n) is 6.29. The van der Waals surface area contributed by atoms with Crippen LogP contribution in [0.2, 0.25) is 0 Å². The fraction of sp³-hybridized carbons (Fsp3) is 0.647. The van der Waals surface area contributed by atoms with Crippen LogP contribution in [-0.4, -0.2) is 33.8 Å². The molecule has 1 aromatic heterocycles. The number of hydrogen-bond acceptors (Lipinski definition) is 5. The van der Waals surface area contributed by atoms with Crippen LogP contribution in [0.5, 0.6) is 6.01 Å². The molecule has 2 rings (SSSR count). The van der Waals surface area contributed by atoms with Crippen LogP contribution in [-0.2, 0) is 9.59 Å². The minimum Gasteiger partial charge on any atom is -0.460 e. The second kappa shape index (κ2) is 8.04. The number of rotatable bonds is 6. The van der Waals surface area contributed by atoms with Gasteiger partial charge in [0, 0.05) is 30.3 Å². The Morgan fingerprint density at radius 3 is 2.30 bits per heavy atom. The number of ketones is 1. The van der Waals surface area contributed by atoms with E-state index in [2.05, 4.69) is 15.3 Å². The summed E-state index contributed by atoms with van der Waals surface area (Å²) < 4.78 is 5.87. The van der Waals surface area contributed by atoms with Crippen molar-refractivity contribution in [2.75, 3.05) is 0 Å². The summed E-state index contributed by atoms with van der Waals surface area (Å²) in [5, 5.41) is 3.00. The van der Waals surface area contributed by atoms with Crippen molar-refractivity contribution in [1.82, 2.24) is 15.3 Å². The molecule has 0 aromatic carbocycles. The number of hydrogen-bond donors (Lipinski definition) is 1. The van der Waals surface area contributed by atoms with E-state index in [0.717, 1.165) is 37.1 Å². The van der Waals surface area contributed by atoms with Crippen molar-refractivity contribution in [3.05, 3.63) is 17.5 Å². The lowest BCUT2D eigenvalue weighted by molar-refractivity contribution is -0.125. The lowest BCUT2D eigenvalue weighted by Crippen LogP contribution is -2.39. The summed E-state index contributed by atoms with van der Waals surface area (Å²) in [5.41, 5.74) is 1.80. The maximum atomic E-state index is 11.7. The largest absolute Gasteiger partial charge is 0.460 e. The van der Waals surface area contributed by atoms with Crippen LogP contribution in [0.1, 0.15) is 56.8 Å². The number of ether oxygens (including phenoxy) is 1. The lowest BCUT2D eigenvalue weighted by atomic mass is 9.93. The van der Waals surface area contributed by atoms with Crippen LogP contribution >= 0.6 is 0 Å². The molecule has 0 saturated heterocycles. The molecule has 1 aromatic rings. The quantitative estimate of drug-likeness (QED) is 0.870. The Kier molecular flexibility index (Phi) is 6.07. The first-order valence-corrected chi connectivity index (χ1v) is 8.20. The van der Waals surface area contributed by atoms with Gasteiger partial charge in [0.25, 0.3) is 0 Å². The molecule has 0 atom stereocenters. The summed E-state index contributed by atoms with van der Waals surface area (Å²) in [6.07, 6.45) is 4.18. The molecule has 1 heterocycles. The van der Waals surface area contributed by atoms with E-state index < -0.39 is 0 Å². The van der Waals surface area contributed by atoms with E-state index in [1.54, 1.807) is 0 Å². The first-order valence-electron chi connectivity index (χ1n) is 8.20. The third kappa shape index (κ3) is 5.96. The summed E-state index contributed by atoms with van der Waals surface area (Å²) in [4.78, 5) is 31.2. The Morgan fingerprint density at radius 2 is 1.74 bits per heavy atom. The second-order valence-corrected chi connectivity index (χ2v) is 6.29.